The lowest BCUT2D eigenvalue weighted by Crippen LogP contribution is -2.34. The van der Waals surface area contributed by atoms with Crippen molar-refractivity contribution in [3.63, 3.8) is 0 Å². The molecule has 38 heavy (non-hydrogen) atoms. The molecule has 2 aliphatic rings. The van der Waals surface area contributed by atoms with Gasteiger partial charge in [0, 0.05) is 53.2 Å². The van der Waals surface area contributed by atoms with Gasteiger partial charge in [-0.25, -0.2) is 9.67 Å². The van der Waals surface area contributed by atoms with Crippen molar-refractivity contribution in [2.45, 2.75) is 19.3 Å². The summed E-state index contributed by atoms with van der Waals surface area (Å²) in [6, 6.07) is 9.64. The van der Waals surface area contributed by atoms with Gasteiger partial charge >= 0.3 is 0 Å². The van der Waals surface area contributed by atoms with Crippen molar-refractivity contribution >= 4 is 40.0 Å². The van der Waals surface area contributed by atoms with E-state index in [-0.39, 0.29) is 5.91 Å². The fourth-order valence-corrected chi connectivity index (χ4v) is 6.35. The highest BCUT2D eigenvalue weighted by Gasteiger charge is 2.31. The van der Waals surface area contributed by atoms with Crippen LogP contribution < -0.4 is 16.1 Å². The van der Waals surface area contributed by atoms with Gasteiger partial charge in [0.15, 0.2) is 0 Å². The van der Waals surface area contributed by atoms with Gasteiger partial charge in [0.1, 0.15) is 6.79 Å². The van der Waals surface area contributed by atoms with Crippen LogP contribution in [0, 0.1) is 0 Å². The van der Waals surface area contributed by atoms with E-state index in [1.165, 1.54) is 11.3 Å². The van der Waals surface area contributed by atoms with E-state index in [1.54, 1.807) is 6.20 Å². The molecule has 1 saturated heterocycles. The second-order valence-corrected chi connectivity index (χ2v) is 10.6. The van der Waals surface area contributed by atoms with Crippen LogP contribution in [0.25, 0.3) is 27.5 Å². The number of nitrogens with one attached hydrogen (secondary N) is 1. The minimum atomic E-state index is 0.0407. The van der Waals surface area contributed by atoms with Crippen LogP contribution in [0.5, 0.6) is 5.19 Å². The normalized spacial score (nSPS) is 14.5. The highest BCUT2D eigenvalue weighted by Crippen LogP contribution is 2.45. The van der Waals surface area contributed by atoms with E-state index in [9.17, 15) is 4.79 Å². The lowest BCUT2D eigenvalue weighted by Gasteiger charge is -2.20. The second-order valence-electron chi connectivity index (χ2n) is 8.76. The molecule has 0 unspecified atom stereocenters. The zero-order valence-corrected chi connectivity index (χ0v) is 22.9. The molecular weight excluding hydrogens is 570 g/mol. The number of nitrogens with two attached hydrogens (primary N) is 1. The van der Waals surface area contributed by atoms with Crippen LogP contribution in [0.15, 0.2) is 47.2 Å². The molecular formula is C26H26BrN7O3S. The van der Waals surface area contributed by atoms with Crippen LogP contribution in [-0.4, -0.2) is 63.5 Å². The highest BCUT2D eigenvalue weighted by molar-refractivity contribution is 9.10. The fraction of sp³-hybridized carbons (Fsp3) is 0.269. The smallest absolute Gasteiger partial charge is 0.294 e. The maximum atomic E-state index is 13.2. The molecule has 0 radical (unpaired) electrons. The number of pyridine rings is 1. The first-order valence-corrected chi connectivity index (χ1v) is 13.7. The van der Waals surface area contributed by atoms with Gasteiger partial charge in [0.05, 0.1) is 27.6 Å². The highest BCUT2D eigenvalue weighted by atomic mass is 79.9. The number of benzene rings is 1. The summed E-state index contributed by atoms with van der Waals surface area (Å²) in [5.74, 6) is 5.48. The van der Waals surface area contributed by atoms with E-state index >= 15 is 0 Å². The summed E-state index contributed by atoms with van der Waals surface area (Å²) in [7, 11) is 0. The molecule has 0 spiro atoms. The van der Waals surface area contributed by atoms with Crippen molar-refractivity contribution in [1.29, 1.82) is 0 Å². The first-order valence-electron chi connectivity index (χ1n) is 12.1. The van der Waals surface area contributed by atoms with Gasteiger partial charge in [0.2, 0.25) is 0 Å². The third-order valence-electron chi connectivity index (χ3n) is 6.57. The van der Waals surface area contributed by atoms with E-state index in [4.69, 9.17) is 20.6 Å². The van der Waals surface area contributed by atoms with Gasteiger partial charge in [-0.05, 0) is 72.1 Å². The minimum absolute atomic E-state index is 0.0407. The van der Waals surface area contributed by atoms with Crippen molar-refractivity contribution in [1.82, 2.24) is 30.0 Å². The van der Waals surface area contributed by atoms with E-state index < -0.39 is 0 Å². The van der Waals surface area contributed by atoms with Crippen molar-refractivity contribution in [2.24, 2.45) is 5.90 Å². The fourth-order valence-electron chi connectivity index (χ4n) is 4.85. The average Bonchev–Trinajstić information content (AvgIpc) is 3.45. The maximum absolute atomic E-state index is 13.2. The first-order chi connectivity index (χ1) is 18.6. The molecule has 0 saturated carbocycles. The number of carbonyl (C=O) groups is 2. The number of carbonyl (C=O) groups excluding carboxylic acids is 2. The summed E-state index contributed by atoms with van der Waals surface area (Å²) in [4.78, 5) is 37.9. The molecule has 4 aromatic rings. The third-order valence-corrected chi connectivity index (χ3v) is 8.20. The summed E-state index contributed by atoms with van der Waals surface area (Å²) in [6.07, 6.45) is 6.10. The van der Waals surface area contributed by atoms with Crippen LogP contribution in [0.4, 0.5) is 0 Å². The van der Waals surface area contributed by atoms with E-state index in [0.717, 1.165) is 82.1 Å². The second kappa shape index (κ2) is 11.5. The van der Waals surface area contributed by atoms with Crippen molar-refractivity contribution in [2.75, 3.05) is 26.2 Å². The third kappa shape index (κ3) is 4.87. The first kappa shape index (κ1) is 26.2. The Hall–Kier alpha value is -3.45. The van der Waals surface area contributed by atoms with Gasteiger partial charge in [0.25, 0.3) is 11.1 Å². The number of hydrogen-bond donors (Lipinski definition) is 2. The van der Waals surface area contributed by atoms with Gasteiger partial charge in [-0.2, -0.15) is 11.0 Å². The molecule has 1 aliphatic carbocycles. The van der Waals surface area contributed by atoms with E-state index in [1.807, 2.05) is 52.9 Å². The quantitative estimate of drug-likeness (QED) is 0.343. The summed E-state index contributed by atoms with van der Waals surface area (Å²) >= 11 is 5.14. The molecule has 3 N–H and O–H groups in total. The number of fused-ring (bicyclic) bond motifs is 3. The minimum Gasteiger partial charge on any atom is -0.380 e. The molecule has 12 heteroatoms. The Kier molecular flexibility index (Phi) is 7.93. The molecule has 0 atom stereocenters. The van der Waals surface area contributed by atoms with Crippen LogP contribution in [0.1, 0.15) is 28.0 Å². The molecule has 1 aromatic carbocycles. The Morgan fingerprint density at radius 3 is 2.82 bits per heavy atom. The standard InChI is InChI=1S/C25H24BrN7O2S.CH2O/c26-18-13-15(24(34)32-11-2-9-28-10-12-32)4-7-20(18)33-22-17(21(31-33)16-3-1-8-29-14-16)5-6-19-23(22)36-25(30-19)35-27;1-2/h1,3-4,7-8,13-14,28H,2,5-6,9-12,27H2;1H2. The van der Waals surface area contributed by atoms with Crippen molar-refractivity contribution in [3.05, 3.63) is 64.0 Å². The summed E-state index contributed by atoms with van der Waals surface area (Å²) in [5, 5.41) is 8.82. The molecule has 4 heterocycles. The molecule has 3 aromatic heterocycles. The number of hydrogen-bond acceptors (Lipinski definition) is 9. The molecule has 1 amide bonds. The van der Waals surface area contributed by atoms with Crippen LogP contribution >= 0.6 is 27.3 Å². The zero-order valence-electron chi connectivity index (χ0n) is 20.5. The topological polar surface area (TPSA) is 128 Å². The van der Waals surface area contributed by atoms with E-state index in [2.05, 4.69) is 31.2 Å². The number of nitrogens with zero attached hydrogens (tertiary/aromatic N) is 5. The van der Waals surface area contributed by atoms with Gasteiger partial charge in [-0.1, -0.05) is 11.3 Å². The van der Waals surface area contributed by atoms with Crippen molar-refractivity contribution < 1.29 is 14.4 Å². The number of rotatable bonds is 4. The molecule has 10 nitrogen and oxygen atoms in total. The molecule has 1 aliphatic heterocycles. The number of aryl methyl sites for hydroxylation is 1. The number of aromatic nitrogens is 4. The Morgan fingerprint density at radius 1 is 1.18 bits per heavy atom. The summed E-state index contributed by atoms with van der Waals surface area (Å²) in [5.41, 5.74) is 6.38. The van der Waals surface area contributed by atoms with Crippen LogP contribution in [-0.2, 0) is 17.6 Å². The Balaban J connectivity index is 0.00000144. The van der Waals surface area contributed by atoms with Crippen LogP contribution in [0.3, 0.4) is 0 Å². The van der Waals surface area contributed by atoms with Gasteiger partial charge in [-0.15, -0.1) is 0 Å². The number of thiazole rings is 1. The predicted molar refractivity (Wildman–Crippen MR) is 148 cm³/mol. The largest absolute Gasteiger partial charge is 0.380 e. The van der Waals surface area contributed by atoms with Gasteiger partial charge < -0.3 is 19.8 Å². The molecule has 6 rings (SSSR count). The van der Waals surface area contributed by atoms with Crippen LogP contribution in [0.2, 0.25) is 0 Å². The van der Waals surface area contributed by atoms with E-state index in [0.29, 0.717) is 17.3 Å². The molecule has 1 fully saturated rings. The Labute approximate surface area is 231 Å². The number of amides is 1. The maximum Gasteiger partial charge on any atom is 0.294 e. The summed E-state index contributed by atoms with van der Waals surface area (Å²) in [6.45, 7) is 5.21. The Bertz CT molecular complexity index is 1450. The molecule has 196 valence electrons. The number of halogens is 1. The molecule has 0 bridgehead atoms. The van der Waals surface area contributed by atoms with Gasteiger partial charge in [-0.3, -0.25) is 9.78 Å². The zero-order chi connectivity index (χ0) is 26.6. The Morgan fingerprint density at radius 2 is 2.05 bits per heavy atom. The monoisotopic (exact) mass is 595 g/mol. The lowest BCUT2D eigenvalue weighted by molar-refractivity contribution is -0.0980. The SMILES string of the molecule is C=O.NOc1nc2c(s1)-c1c(c(-c3cccnc3)nn1-c1ccc(C(=O)N3CCCNCC3)cc1Br)CC2. The summed E-state index contributed by atoms with van der Waals surface area (Å²) < 4.78 is 2.72. The van der Waals surface area contributed by atoms with Crippen molar-refractivity contribution in [3.8, 4) is 32.7 Å². The lowest BCUT2D eigenvalue weighted by atomic mass is 9.95. The predicted octanol–water partition coefficient (Wildman–Crippen LogP) is 3.42. The average molecular weight is 597 g/mol.